The molecule has 0 fully saturated rings. The maximum atomic E-state index is 12.5. The molecule has 0 radical (unpaired) electrons. The van der Waals surface area contributed by atoms with Crippen LogP contribution in [-0.2, 0) is 29.0 Å². The Morgan fingerprint density at radius 3 is 2.73 bits per heavy atom. The number of anilines is 1. The third-order valence-corrected chi connectivity index (χ3v) is 6.04. The molecule has 0 aliphatic carbocycles. The van der Waals surface area contributed by atoms with E-state index in [-0.39, 0.29) is 30.8 Å². The maximum absolute atomic E-state index is 12.5. The SMILES string of the molecule is CCOC(=O)N1CCc2c(sc(NC(=O)Cn3cnc(C)c(C)c3=O)c2C(N)=O)C1. The lowest BCUT2D eigenvalue weighted by Gasteiger charge is -2.26. The van der Waals surface area contributed by atoms with Gasteiger partial charge in [0.25, 0.3) is 11.5 Å². The molecule has 0 saturated carbocycles. The number of hydrogen-bond acceptors (Lipinski definition) is 7. The molecule has 0 bridgehead atoms. The topological polar surface area (TPSA) is 137 Å². The molecule has 3 heterocycles. The van der Waals surface area contributed by atoms with E-state index < -0.39 is 17.9 Å². The minimum absolute atomic E-state index is 0.247. The number of rotatable bonds is 5. The molecule has 2 aromatic rings. The first-order valence-electron chi connectivity index (χ1n) is 9.41. The molecule has 3 N–H and O–H groups in total. The van der Waals surface area contributed by atoms with E-state index in [1.54, 1.807) is 25.7 Å². The fourth-order valence-electron chi connectivity index (χ4n) is 3.23. The molecule has 11 heteroatoms. The normalized spacial score (nSPS) is 13.0. The predicted octanol–water partition coefficient (Wildman–Crippen LogP) is 1.17. The van der Waals surface area contributed by atoms with Crippen LogP contribution < -0.4 is 16.6 Å². The van der Waals surface area contributed by atoms with Gasteiger partial charge in [0.2, 0.25) is 5.91 Å². The van der Waals surface area contributed by atoms with Crippen LogP contribution in [0.5, 0.6) is 0 Å². The molecule has 3 rings (SSSR count). The van der Waals surface area contributed by atoms with Gasteiger partial charge in [-0.25, -0.2) is 9.78 Å². The molecule has 0 aromatic carbocycles. The van der Waals surface area contributed by atoms with Gasteiger partial charge in [0.05, 0.1) is 25.0 Å². The van der Waals surface area contributed by atoms with E-state index in [2.05, 4.69) is 10.3 Å². The molecular weight excluding hydrogens is 410 g/mol. The number of ether oxygens (including phenoxy) is 1. The zero-order valence-electron chi connectivity index (χ0n) is 17.0. The van der Waals surface area contributed by atoms with Gasteiger partial charge < -0.3 is 20.7 Å². The molecule has 2 aromatic heterocycles. The highest BCUT2D eigenvalue weighted by Gasteiger charge is 2.30. The summed E-state index contributed by atoms with van der Waals surface area (Å²) in [6.07, 6.45) is 1.32. The second-order valence-corrected chi connectivity index (χ2v) is 7.98. The van der Waals surface area contributed by atoms with Gasteiger partial charge in [0.15, 0.2) is 0 Å². The number of carbonyl (C=O) groups is 3. The number of primary amides is 1. The summed E-state index contributed by atoms with van der Waals surface area (Å²) in [6.45, 7) is 5.78. The van der Waals surface area contributed by atoms with E-state index in [4.69, 9.17) is 10.5 Å². The number of thiophene rings is 1. The Balaban J connectivity index is 1.82. The summed E-state index contributed by atoms with van der Waals surface area (Å²) in [5, 5.41) is 3.00. The number of amides is 3. The van der Waals surface area contributed by atoms with Gasteiger partial charge in [-0.1, -0.05) is 0 Å². The smallest absolute Gasteiger partial charge is 0.410 e. The van der Waals surface area contributed by atoms with Gasteiger partial charge in [0, 0.05) is 22.7 Å². The van der Waals surface area contributed by atoms with Crippen molar-refractivity contribution < 1.29 is 19.1 Å². The summed E-state index contributed by atoms with van der Waals surface area (Å²) in [5.41, 5.74) is 7.30. The first-order valence-corrected chi connectivity index (χ1v) is 10.2. The molecule has 1 aliphatic rings. The van der Waals surface area contributed by atoms with Crippen molar-refractivity contribution in [1.82, 2.24) is 14.5 Å². The Morgan fingerprint density at radius 1 is 1.33 bits per heavy atom. The Hall–Kier alpha value is -3.21. The van der Waals surface area contributed by atoms with Crippen molar-refractivity contribution in [3.05, 3.63) is 43.9 Å². The maximum Gasteiger partial charge on any atom is 0.410 e. The molecule has 0 unspecified atom stereocenters. The number of carbonyl (C=O) groups excluding carboxylic acids is 3. The number of nitrogens with one attached hydrogen (secondary N) is 1. The summed E-state index contributed by atoms with van der Waals surface area (Å²) in [4.78, 5) is 55.3. The van der Waals surface area contributed by atoms with E-state index >= 15 is 0 Å². The molecule has 3 amide bonds. The van der Waals surface area contributed by atoms with Crippen molar-refractivity contribution in [2.45, 2.75) is 40.3 Å². The van der Waals surface area contributed by atoms with Crippen LogP contribution in [0.3, 0.4) is 0 Å². The van der Waals surface area contributed by atoms with Crippen LogP contribution in [0.1, 0.15) is 39.0 Å². The molecule has 10 nitrogen and oxygen atoms in total. The zero-order valence-corrected chi connectivity index (χ0v) is 17.8. The molecule has 1 aliphatic heterocycles. The standard InChI is InChI=1S/C19H23N5O5S/c1-4-29-19(28)23-6-5-12-13(7-23)30-17(15(12)16(20)26)22-14(25)8-24-9-21-11(3)10(2)18(24)27/h9H,4-8H2,1-3H3,(H2,20,26)(H,22,25). The molecule has 0 spiro atoms. The van der Waals surface area contributed by atoms with E-state index in [1.165, 1.54) is 22.2 Å². The van der Waals surface area contributed by atoms with Crippen molar-refractivity contribution in [3.8, 4) is 0 Å². The van der Waals surface area contributed by atoms with Gasteiger partial charge in [-0.15, -0.1) is 11.3 Å². The second-order valence-electron chi connectivity index (χ2n) is 6.88. The minimum atomic E-state index is -0.655. The number of aromatic nitrogens is 2. The van der Waals surface area contributed by atoms with Crippen molar-refractivity contribution in [2.24, 2.45) is 5.73 Å². The summed E-state index contributed by atoms with van der Waals surface area (Å²) in [5.74, 6) is -1.14. The molecule has 0 saturated heterocycles. The van der Waals surface area contributed by atoms with E-state index in [9.17, 15) is 19.2 Å². The van der Waals surface area contributed by atoms with Crippen LogP contribution in [-0.4, -0.2) is 45.5 Å². The number of nitrogens with two attached hydrogens (primary N) is 1. The molecular formula is C19H23N5O5S. The van der Waals surface area contributed by atoms with Gasteiger partial charge in [0.1, 0.15) is 11.5 Å². The fraction of sp³-hybridized carbons (Fsp3) is 0.421. The lowest BCUT2D eigenvalue weighted by molar-refractivity contribution is -0.116. The van der Waals surface area contributed by atoms with Gasteiger partial charge in [-0.2, -0.15) is 0 Å². The van der Waals surface area contributed by atoms with Gasteiger partial charge >= 0.3 is 6.09 Å². The third kappa shape index (κ3) is 4.20. The lowest BCUT2D eigenvalue weighted by atomic mass is 10.0. The number of aryl methyl sites for hydroxylation is 1. The first kappa shape index (κ1) is 21.5. The summed E-state index contributed by atoms with van der Waals surface area (Å²) < 4.78 is 6.24. The number of hydrogen-bond donors (Lipinski definition) is 2. The summed E-state index contributed by atoms with van der Waals surface area (Å²) in [7, 11) is 0. The van der Waals surface area contributed by atoms with Crippen LogP contribution >= 0.6 is 11.3 Å². The Bertz CT molecular complexity index is 1070. The van der Waals surface area contributed by atoms with Crippen LogP contribution in [0.15, 0.2) is 11.1 Å². The number of nitrogens with zero attached hydrogens (tertiary/aromatic N) is 3. The van der Waals surface area contributed by atoms with Crippen LogP contribution in [0, 0.1) is 13.8 Å². The zero-order chi connectivity index (χ0) is 22.0. The lowest BCUT2D eigenvalue weighted by Crippen LogP contribution is -2.36. The predicted molar refractivity (Wildman–Crippen MR) is 111 cm³/mol. The number of fused-ring (bicyclic) bond motifs is 1. The highest BCUT2D eigenvalue weighted by Crippen LogP contribution is 2.37. The van der Waals surface area contributed by atoms with Gasteiger partial charge in [-0.3, -0.25) is 19.0 Å². The third-order valence-electron chi connectivity index (χ3n) is 4.91. The van der Waals surface area contributed by atoms with Crippen molar-refractivity contribution in [1.29, 1.82) is 0 Å². The second kappa shape index (κ2) is 8.66. The van der Waals surface area contributed by atoms with Crippen LogP contribution in [0.25, 0.3) is 0 Å². The highest BCUT2D eigenvalue weighted by atomic mass is 32.1. The Morgan fingerprint density at radius 2 is 2.07 bits per heavy atom. The first-order chi connectivity index (χ1) is 14.2. The average Bonchev–Trinajstić information content (AvgIpc) is 3.05. The fourth-order valence-corrected chi connectivity index (χ4v) is 4.52. The van der Waals surface area contributed by atoms with Gasteiger partial charge in [-0.05, 0) is 32.8 Å². The largest absolute Gasteiger partial charge is 0.450 e. The van der Waals surface area contributed by atoms with Crippen molar-refractivity contribution >= 4 is 34.2 Å². The monoisotopic (exact) mass is 433 g/mol. The van der Waals surface area contributed by atoms with E-state index in [0.717, 1.165) is 10.4 Å². The quantitative estimate of drug-likeness (QED) is 0.726. The van der Waals surface area contributed by atoms with Crippen molar-refractivity contribution in [3.63, 3.8) is 0 Å². The van der Waals surface area contributed by atoms with Crippen LogP contribution in [0.2, 0.25) is 0 Å². The molecule has 0 atom stereocenters. The highest BCUT2D eigenvalue weighted by molar-refractivity contribution is 7.17. The Kier molecular flexibility index (Phi) is 6.20. The van der Waals surface area contributed by atoms with Crippen LogP contribution in [0.4, 0.5) is 9.80 Å². The summed E-state index contributed by atoms with van der Waals surface area (Å²) in [6, 6.07) is 0. The van der Waals surface area contributed by atoms with E-state index in [1.807, 2.05) is 0 Å². The minimum Gasteiger partial charge on any atom is -0.450 e. The summed E-state index contributed by atoms with van der Waals surface area (Å²) >= 11 is 1.19. The molecule has 30 heavy (non-hydrogen) atoms. The van der Waals surface area contributed by atoms with Crippen molar-refractivity contribution in [2.75, 3.05) is 18.5 Å². The molecule has 160 valence electrons. The van der Waals surface area contributed by atoms with E-state index in [0.29, 0.717) is 29.2 Å². The Labute approximate surface area is 176 Å². The average molecular weight is 433 g/mol.